The number of anilines is 1. The van der Waals surface area contributed by atoms with Crippen molar-refractivity contribution in [2.24, 2.45) is 0 Å². The first kappa shape index (κ1) is 18.6. The molecule has 0 aliphatic carbocycles. The highest BCUT2D eigenvalue weighted by Crippen LogP contribution is 2.29. The van der Waals surface area contributed by atoms with Gasteiger partial charge in [-0.25, -0.2) is 4.98 Å². The third-order valence-corrected chi connectivity index (χ3v) is 6.33. The summed E-state index contributed by atoms with van der Waals surface area (Å²) in [6.07, 6.45) is 0.284. The van der Waals surface area contributed by atoms with Gasteiger partial charge >= 0.3 is 0 Å². The van der Waals surface area contributed by atoms with Gasteiger partial charge in [-0.2, -0.15) is 11.3 Å². The van der Waals surface area contributed by atoms with Gasteiger partial charge in [0.1, 0.15) is 10.7 Å². The number of nitro groups is 1. The van der Waals surface area contributed by atoms with Gasteiger partial charge in [0.2, 0.25) is 5.91 Å². The van der Waals surface area contributed by atoms with Gasteiger partial charge in [0.25, 0.3) is 5.69 Å². The molecule has 4 rings (SSSR count). The van der Waals surface area contributed by atoms with Crippen LogP contribution in [-0.2, 0) is 11.2 Å². The Labute approximate surface area is 170 Å². The van der Waals surface area contributed by atoms with Crippen molar-refractivity contribution in [3.63, 3.8) is 0 Å². The summed E-state index contributed by atoms with van der Waals surface area (Å²) >= 11 is 3.18. The van der Waals surface area contributed by atoms with Crippen molar-refractivity contribution < 1.29 is 9.72 Å². The van der Waals surface area contributed by atoms with Gasteiger partial charge in [-0.05, 0) is 17.5 Å². The summed E-state index contributed by atoms with van der Waals surface area (Å²) in [6.45, 7) is 2.25. The molecule has 0 unspecified atom stereocenters. The summed E-state index contributed by atoms with van der Waals surface area (Å²) < 4.78 is 0. The number of thiophene rings is 1. The molecule has 3 aromatic rings. The number of nitro benzene ring substituents is 1. The molecule has 0 bridgehead atoms. The fraction of sp³-hybridized carbons (Fsp3) is 0.263. The lowest BCUT2D eigenvalue weighted by molar-refractivity contribution is -0.384. The van der Waals surface area contributed by atoms with Crippen molar-refractivity contribution in [1.82, 2.24) is 9.88 Å². The highest BCUT2D eigenvalue weighted by atomic mass is 32.1. The Bertz CT molecular complexity index is 979. The molecule has 1 aliphatic rings. The molecule has 0 atom stereocenters. The standard InChI is InChI=1S/C19H18N4O3S2/c24-18(11-15-13-28-19(20-15)14-5-10-27-12-14)22-8-6-21(7-9-22)16-3-1-2-4-17(16)23(25)26/h1-5,10,12-13H,6-9,11H2. The molecule has 1 aromatic carbocycles. The fourth-order valence-corrected chi connectivity index (χ4v) is 4.79. The van der Waals surface area contributed by atoms with Crippen LogP contribution in [0.25, 0.3) is 10.6 Å². The Hall–Kier alpha value is -2.78. The normalized spacial score (nSPS) is 14.3. The molecule has 0 saturated carbocycles. The molecule has 1 fully saturated rings. The van der Waals surface area contributed by atoms with E-state index in [2.05, 4.69) is 4.98 Å². The van der Waals surface area contributed by atoms with Gasteiger partial charge in [-0.3, -0.25) is 14.9 Å². The summed E-state index contributed by atoms with van der Waals surface area (Å²) in [5, 5.41) is 18.2. The summed E-state index contributed by atoms with van der Waals surface area (Å²) in [6, 6.07) is 8.76. The Morgan fingerprint density at radius 2 is 1.93 bits per heavy atom. The highest BCUT2D eigenvalue weighted by molar-refractivity contribution is 7.14. The van der Waals surface area contributed by atoms with Crippen LogP contribution in [0.1, 0.15) is 5.69 Å². The van der Waals surface area contributed by atoms with Crippen molar-refractivity contribution in [1.29, 1.82) is 0 Å². The van der Waals surface area contributed by atoms with E-state index in [1.807, 2.05) is 32.0 Å². The molecule has 2 aromatic heterocycles. The molecule has 0 N–H and O–H groups in total. The Morgan fingerprint density at radius 1 is 1.14 bits per heavy atom. The van der Waals surface area contributed by atoms with E-state index >= 15 is 0 Å². The lowest BCUT2D eigenvalue weighted by atomic mass is 10.2. The predicted octanol–water partition coefficient (Wildman–Crippen LogP) is 3.67. The van der Waals surface area contributed by atoms with E-state index < -0.39 is 0 Å². The van der Waals surface area contributed by atoms with Crippen LogP contribution in [0, 0.1) is 10.1 Å². The number of rotatable bonds is 5. The van der Waals surface area contributed by atoms with Gasteiger partial charge in [-0.1, -0.05) is 12.1 Å². The van der Waals surface area contributed by atoms with Crippen LogP contribution >= 0.6 is 22.7 Å². The van der Waals surface area contributed by atoms with Crippen LogP contribution in [0.4, 0.5) is 11.4 Å². The van der Waals surface area contributed by atoms with Crippen molar-refractivity contribution in [2.75, 3.05) is 31.1 Å². The van der Waals surface area contributed by atoms with Gasteiger partial charge in [0, 0.05) is 48.6 Å². The zero-order valence-electron chi connectivity index (χ0n) is 15.0. The summed E-state index contributed by atoms with van der Waals surface area (Å²) in [7, 11) is 0. The quantitative estimate of drug-likeness (QED) is 0.470. The summed E-state index contributed by atoms with van der Waals surface area (Å²) in [5.41, 5.74) is 2.59. The van der Waals surface area contributed by atoms with Crippen LogP contribution in [-0.4, -0.2) is 46.9 Å². The lowest BCUT2D eigenvalue weighted by Gasteiger charge is -2.35. The molecule has 28 heavy (non-hydrogen) atoms. The molecule has 144 valence electrons. The number of nitrogens with zero attached hydrogens (tertiary/aromatic N) is 4. The fourth-order valence-electron chi connectivity index (χ4n) is 3.26. The SMILES string of the molecule is O=C(Cc1csc(-c2ccsc2)n1)N1CCN(c2ccccc2[N+](=O)[O-])CC1. The third kappa shape index (κ3) is 3.90. The second-order valence-corrected chi connectivity index (χ2v) is 8.08. The van der Waals surface area contributed by atoms with Gasteiger partial charge < -0.3 is 9.80 Å². The molecular weight excluding hydrogens is 396 g/mol. The molecule has 9 heteroatoms. The van der Waals surface area contributed by atoms with Crippen molar-refractivity contribution in [2.45, 2.75) is 6.42 Å². The molecule has 1 amide bonds. The maximum Gasteiger partial charge on any atom is 0.292 e. The van der Waals surface area contributed by atoms with E-state index in [1.54, 1.807) is 40.9 Å². The number of hydrogen-bond donors (Lipinski definition) is 0. The number of aromatic nitrogens is 1. The third-order valence-electron chi connectivity index (χ3n) is 4.70. The first-order valence-electron chi connectivity index (χ1n) is 8.85. The van der Waals surface area contributed by atoms with Crippen LogP contribution < -0.4 is 4.90 Å². The minimum Gasteiger partial charge on any atom is -0.362 e. The van der Waals surface area contributed by atoms with E-state index in [9.17, 15) is 14.9 Å². The van der Waals surface area contributed by atoms with Gasteiger partial charge in [-0.15, -0.1) is 11.3 Å². The minimum atomic E-state index is -0.361. The maximum absolute atomic E-state index is 12.6. The summed E-state index contributed by atoms with van der Waals surface area (Å²) in [5.74, 6) is 0.0457. The summed E-state index contributed by atoms with van der Waals surface area (Å²) in [4.78, 5) is 31.9. The number of hydrogen-bond acceptors (Lipinski definition) is 7. The second-order valence-electron chi connectivity index (χ2n) is 6.45. The van der Waals surface area contributed by atoms with Gasteiger partial charge in [0.05, 0.1) is 17.0 Å². The van der Waals surface area contributed by atoms with Crippen molar-refractivity contribution >= 4 is 40.0 Å². The first-order valence-corrected chi connectivity index (χ1v) is 10.7. The smallest absolute Gasteiger partial charge is 0.292 e. The predicted molar refractivity (Wildman–Crippen MR) is 111 cm³/mol. The number of carbonyl (C=O) groups excluding carboxylic acids is 1. The van der Waals surface area contributed by atoms with E-state index in [0.29, 0.717) is 31.9 Å². The van der Waals surface area contributed by atoms with Crippen LogP contribution in [0.5, 0.6) is 0 Å². The molecule has 1 saturated heterocycles. The average molecular weight is 415 g/mol. The second kappa shape index (κ2) is 8.07. The molecule has 3 heterocycles. The number of thiazole rings is 1. The maximum atomic E-state index is 12.6. The highest BCUT2D eigenvalue weighted by Gasteiger charge is 2.25. The molecule has 1 aliphatic heterocycles. The lowest BCUT2D eigenvalue weighted by Crippen LogP contribution is -2.49. The Morgan fingerprint density at radius 3 is 2.64 bits per heavy atom. The number of amides is 1. The Kier molecular flexibility index (Phi) is 5.36. The van der Waals surface area contributed by atoms with Crippen LogP contribution in [0.15, 0.2) is 46.5 Å². The van der Waals surface area contributed by atoms with E-state index in [-0.39, 0.29) is 22.9 Å². The topological polar surface area (TPSA) is 79.6 Å². The van der Waals surface area contributed by atoms with Gasteiger partial charge in [0.15, 0.2) is 0 Å². The first-order chi connectivity index (χ1) is 13.6. The van der Waals surface area contributed by atoms with Crippen LogP contribution in [0.3, 0.4) is 0 Å². The van der Waals surface area contributed by atoms with E-state index in [1.165, 1.54) is 6.07 Å². The molecule has 7 nitrogen and oxygen atoms in total. The minimum absolute atomic E-state index is 0.0457. The molecule has 0 spiro atoms. The number of carbonyl (C=O) groups is 1. The average Bonchev–Trinajstić information content (AvgIpc) is 3.40. The number of para-hydroxylation sites is 2. The Balaban J connectivity index is 1.36. The van der Waals surface area contributed by atoms with Crippen LogP contribution in [0.2, 0.25) is 0 Å². The van der Waals surface area contributed by atoms with Crippen molar-refractivity contribution in [3.8, 4) is 10.6 Å². The molecular formula is C19H18N4O3S2. The largest absolute Gasteiger partial charge is 0.362 e. The van der Waals surface area contributed by atoms with E-state index in [4.69, 9.17) is 0 Å². The monoisotopic (exact) mass is 414 g/mol. The number of benzene rings is 1. The van der Waals surface area contributed by atoms with Crippen molar-refractivity contribution in [3.05, 3.63) is 62.3 Å². The zero-order valence-corrected chi connectivity index (χ0v) is 16.6. The van der Waals surface area contributed by atoms with E-state index in [0.717, 1.165) is 16.3 Å². The zero-order chi connectivity index (χ0) is 19.5. The molecule has 0 radical (unpaired) electrons. The number of piperazine rings is 1.